The van der Waals surface area contributed by atoms with Crippen molar-refractivity contribution in [1.29, 1.82) is 0 Å². The molecule has 1 saturated heterocycles. The Morgan fingerprint density at radius 3 is 2.86 bits per heavy atom. The van der Waals surface area contributed by atoms with Gasteiger partial charge in [-0.05, 0) is 24.8 Å². The van der Waals surface area contributed by atoms with Gasteiger partial charge in [0.15, 0.2) is 0 Å². The lowest BCUT2D eigenvalue weighted by molar-refractivity contribution is -0.131. The minimum Gasteiger partial charge on any atom is -0.317 e. The SMILES string of the molecule is CCCCC1NC(c2cccs2)N(C(C)CS(C)=O)C1=O. The molecule has 1 fully saturated rings. The van der Waals surface area contributed by atoms with E-state index >= 15 is 0 Å². The van der Waals surface area contributed by atoms with E-state index < -0.39 is 10.8 Å². The van der Waals surface area contributed by atoms with Gasteiger partial charge in [0.1, 0.15) is 6.17 Å². The van der Waals surface area contributed by atoms with Crippen molar-refractivity contribution in [3.63, 3.8) is 0 Å². The quantitative estimate of drug-likeness (QED) is 0.837. The number of hydrogen-bond acceptors (Lipinski definition) is 4. The second kappa shape index (κ2) is 7.51. The Morgan fingerprint density at radius 2 is 2.29 bits per heavy atom. The first-order chi connectivity index (χ1) is 10.0. The zero-order valence-corrected chi connectivity index (χ0v) is 14.5. The molecule has 4 atom stereocenters. The van der Waals surface area contributed by atoms with E-state index in [1.807, 2.05) is 23.3 Å². The van der Waals surface area contributed by atoms with E-state index in [4.69, 9.17) is 0 Å². The molecule has 0 radical (unpaired) electrons. The molecule has 0 saturated carbocycles. The normalized spacial score (nSPS) is 25.3. The predicted octanol–water partition coefficient (Wildman–Crippen LogP) is 2.50. The third-order valence-electron chi connectivity index (χ3n) is 3.80. The maximum Gasteiger partial charge on any atom is 0.241 e. The lowest BCUT2D eigenvalue weighted by Gasteiger charge is -2.29. The van der Waals surface area contributed by atoms with Gasteiger partial charge in [-0.15, -0.1) is 11.3 Å². The van der Waals surface area contributed by atoms with Crippen LogP contribution in [0, 0.1) is 0 Å². The van der Waals surface area contributed by atoms with Crippen molar-refractivity contribution in [3.05, 3.63) is 22.4 Å². The first-order valence-electron chi connectivity index (χ1n) is 7.46. The Hall–Kier alpha value is -0.720. The highest BCUT2D eigenvalue weighted by atomic mass is 32.2. The number of nitrogens with zero attached hydrogens (tertiary/aromatic N) is 1. The molecule has 0 bridgehead atoms. The van der Waals surface area contributed by atoms with Gasteiger partial charge < -0.3 is 4.90 Å². The largest absolute Gasteiger partial charge is 0.317 e. The maximum absolute atomic E-state index is 12.7. The first-order valence-corrected chi connectivity index (χ1v) is 10.1. The van der Waals surface area contributed by atoms with Crippen LogP contribution in [0.5, 0.6) is 0 Å². The minimum atomic E-state index is -0.903. The van der Waals surface area contributed by atoms with Crippen LogP contribution >= 0.6 is 11.3 Å². The van der Waals surface area contributed by atoms with Gasteiger partial charge in [-0.25, -0.2) is 0 Å². The molecule has 0 aromatic carbocycles. The van der Waals surface area contributed by atoms with Crippen molar-refractivity contribution >= 4 is 28.0 Å². The summed E-state index contributed by atoms with van der Waals surface area (Å²) in [7, 11) is -0.903. The molecule has 1 aliphatic rings. The molecular weight excluding hydrogens is 304 g/mol. The summed E-state index contributed by atoms with van der Waals surface area (Å²) in [5.74, 6) is 0.676. The third kappa shape index (κ3) is 3.93. The number of carbonyl (C=O) groups is 1. The molecular formula is C15H24N2O2S2. The van der Waals surface area contributed by atoms with Crippen LogP contribution in [0.3, 0.4) is 0 Å². The second-order valence-corrected chi connectivity index (χ2v) is 8.07. The molecule has 1 N–H and O–H groups in total. The molecule has 0 aliphatic carbocycles. The molecule has 0 spiro atoms. The van der Waals surface area contributed by atoms with Crippen molar-refractivity contribution in [1.82, 2.24) is 10.2 Å². The molecule has 2 rings (SSSR count). The number of carbonyl (C=O) groups excluding carboxylic acids is 1. The fourth-order valence-electron chi connectivity index (χ4n) is 2.82. The number of hydrogen-bond donors (Lipinski definition) is 1. The average Bonchev–Trinajstić information content (AvgIpc) is 3.03. The number of unbranched alkanes of at least 4 members (excludes halogenated alkanes) is 1. The molecule has 4 nitrogen and oxygen atoms in total. The molecule has 1 amide bonds. The van der Waals surface area contributed by atoms with E-state index in [1.54, 1.807) is 17.6 Å². The molecule has 1 aliphatic heterocycles. The lowest BCUT2D eigenvalue weighted by Crippen LogP contribution is -2.41. The van der Waals surface area contributed by atoms with Gasteiger partial charge in [-0.2, -0.15) is 0 Å². The number of nitrogens with one attached hydrogen (secondary N) is 1. The monoisotopic (exact) mass is 328 g/mol. The molecule has 6 heteroatoms. The topological polar surface area (TPSA) is 49.4 Å². The van der Waals surface area contributed by atoms with Crippen LogP contribution in [0.25, 0.3) is 0 Å². The molecule has 2 heterocycles. The van der Waals surface area contributed by atoms with Crippen molar-refractivity contribution < 1.29 is 9.00 Å². The highest BCUT2D eigenvalue weighted by Gasteiger charge is 2.42. The van der Waals surface area contributed by atoms with Crippen LogP contribution in [0.2, 0.25) is 0 Å². The number of rotatable bonds is 7. The molecule has 1 aromatic rings. The number of thiophene rings is 1. The second-order valence-electron chi connectivity index (χ2n) is 5.61. The van der Waals surface area contributed by atoms with E-state index in [-0.39, 0.29) is 24.2 Å². The summed E-state index contributed by atoms with van der Waals surface area (Å²) in [6.45, 7) is 4.13. The van der Waals surface area contributed by atoms with Crippen LogP contribution in [0.4, 0.5) is 0 Å². The Kier molecular flexibility index (Phi) is 5.96. The van der Waals surface area contributed by atoms with Gasteiger partial charge in [0.2, 0.25) is 5.91 Å². The summed E-state index contributed by atoms with van der Waals surface area (Å²) in [6, 6.07) is 3.94. The smallest absolute Gasteiger partial charge is 0.241 e. The summed E-state index contributed by atoms with van der Waals surface area (Å²) in [5, 5.41) is 5.50. The molecule has 4 unspecified atom stereocenters. The maximum atomic E-state index is 12.7. The zero-order valence-electron chi connectivity index (χ0n) is 12.9. The Labute approximate surface area is 133 Å². The van der Waals surface area contributed by atoms with Gasteiger partial charge >= 0.3 is 0 Å². The van der Waals surface area contributed by atoms with Crippen LogP contribution in [-0.4, -0.2) is 39.1 Å². The fourth-order valence-corrected chi connectivity index (χ4v) is 4.44. The summed E-state index contributed by atoms with van der Waals surface area (Å²) in [6.07, 6.45) is 4.62. The van der Waals surface area contributed by atoms with Gasteiger partial charge in [-0.1, -0.05) is 25.8 Å². The van der Waals surface area contributed by atoms with E-state index in [9.17, 15) is 9.00 Å². The molecule has 21 heavy (non-hydrogen) atoms. The van der Waals surface area contributed by atoms with Crippen LogP contribution in [0.15, 0.2) is 17.5 Å². The van der Waals surface area contributed by atoms with E-state index in [2.05, 4.69) is 18.3 Å². The van der Waals surface area contributed by atoms with Crippen LogP contribution in [-0.2, 0) is 15.6 Å². The van der Waals surface area contributed by atoms with E-state index in [0.717, 1.165) is 24.1 Å². The van der Waals surface area contributed by atoms with Gasteiger partial charge in [0.05, 0.1) is 6.04 Å². The Balaban J connectivity index is 2.19. The lowest BCUT2D eigenvalue weighted by atomic mass is 10.1. The number of amides is 1. The average molecular weight is 329 g/mol. The van der Waals surface area contributed by atoms with Crippen LogP contribution < -0.4 is 5.32 Å². The van der Waals surface area contributed by atoms with Crippen molar-refractivity contribution in [3.8, 4) is 0 Å². The van der Waals surface area contributed by atoms with Gasteiger partial charge in [0.25, 0.3) is 0 Å². The summed E-state index contributed by atoms with van der Waals surface area (Å²) in [5.41, 5.74) is 0. The molecule has 1 aromatic heterocycles. The highest BCUT2D eigenvalue weighted by Crippen LogP contribution is 2.31. The fraction of sp³-hybridized carbons (Fsp3) is 0.667. The minimum absolute atomic E-state index is 0.0189. The summed E-state index contributed by atoms with van der Waals surface area (Å²) in [4.78, 5) is 15.8. The van der Waals surface area contributed by atoms with Crippen LogP contribution in [0.1, 0.15) is 44.2 Å². The standard InChI is InChI=1S/C15H24N2O2S2/c1-4-5-7-12-15(18)17(11(2)10-21(3)19)14(16-12)13-8-6-9-20-13/h6,8-9,11-12,14,16H,4-5,7,10H2,1-3H3. The van der Waals surface area contributed by atoms with Crippen molar-refractivity contribution in [2.75, 3.05) is 12.0 Å². The first kappa shape index (κ1) is 16.6. The highest BCUT2D eigenvalue weighted by molar-refractivity contribution is 7.84. The van der Waals surface area contributed by atoms with Gasteiger partial charge in [0, 0.05) is 33.7 Å². The van der Waals surface area contributed by atoms with Crippen molar-refractivity contribution in [2.24, 2.45) is 0 Å². The van der Waals surface area contributed by atoms with Gasteiger partial charge in [-0.3, -0.25) is 14.3 Å². The third-order valence-corrected chi connectivity index (χ3v) is 5.68. The summed E-state index contributed by atoms with van der Waals surface area (Å²) < 4.78 is 11.5. The molecule has 118 valence electrons. The van der Waals surface area contributed by atoms with E-state index in [0.29, 0.717) is 5.75 Å². The van der Waals surface area contributed by atoms with Crippen molar-refractivity contribution in [2.45, 2.75) is 51.4 Å². The Bertz CT molecular complexity index is 490. The Morgan fingerprint density at radius 1 is 1.52 bits per heavy atom. The predicted molar refractivity (Wildman–Crippen MR) is 88.8 cm³/mol. The summed E-state index contributed by atoms with van der Waals surface area (Å²) >= 11 is 1.66. The zero-order chi connectivity index (χ0) is 15.4. The van der Waals surface area contributed by atoms with E-state index in [1.165, 1.54) is 0 Å².